The van der Waals surface area contributed by atoms with Crippen molar-refractivity contribution in [2.75, 3.05) is 32.9 Å². The van der Waals surface area contributed by atoms with Gasteiger partial charge in [-0.25, -0.2) is 4.79 Å². The maximum Gasteiger partial charge on any atom is 0.409 e. The van der Waals surface area contributed by atoms with Gasteiger partial charge in [0.05, 0.1) is 19.1 Å². The lowest BCUT2D eigenvalue weighted by Crippen LogP contribution is -2.42. The number of morpholine rings is 1. The van der Waals surface area contributed by atoms with Crippen LogP contribution in [-0.4, -0.2) is 66.7 Å². The Morgan fingerprint density at radius 2 is 1.35 bits per heavy atom. The molecule has 54 heavy (non-hydrogen) atoms. The average molecular weight is 740 g/mol. The van der Waals surface area contributed by atoms with E-state index in [2.05, 4.69) is 97.9 Å². The van der Waals surface area contributed by atoms with Crippen LogP contribution in [0.1, 0.15) is 95.4 Å². The van der Waals surface area contributed by atoms with Crippen LogP contribution in [0.3, 0.4) is 0 Å². The third-order valence-electron chi connectivity index (χ3n) is 10.6. The molecule has 7 nitrogen and oxygen atoms in total. The van der Waals surface area contributed by atoms with Gasteiger partial charge in [0.2, 0.25) is 0 Å². The van der Waals surface area contributed by atoms with E-state index in [0.717, 1.165) is 39.9 Å². The molecule has 2 aliphatic carbocycles. The zero-order valence-electron chi connectivity index (χ0n) is 34.8. The molecule has 0 radical (unpaired) electrons. The van der Waals surface area contributed by atoms with Crippen LogP contribution in [0.2, 0.25) is 0 Å². The van der Waals surface area contributed by atoms with Gasteiger partial charge in [-0.1, -0.05) is 137 Å². The number of Topliss-reactive ketones (excluding diaryl/α,β-unsaturated/α-hetero) is 2. The minimum atomic E-state index is -0.912. The monoisotopic (exact) mass is 739 g/mol. The molecule has 0 bridgehead atoms. The number of carbonyl (C=O) groups excluding carboxylic acids is 3. The van der Waals surface area contributed by atoms with Crippen LogP contribution in [-0.2, 0) is 19.1 Å². The zero-order chi connectivity index (χ0) is 40.3. The minimum absolute atomic E-state index is 0.0575. The third kappa shape index (κ3) is 13.1. The molecule has 294 valence electrons. The molecule has 1 fully saturated rings. The summed E-state index contributed by atoms with van der Waals surface area (Å²) in [6.07, 6.45) is 27.7. The Balaban J connectivity index is 1.52. The Kier molecular flexibility index (Phi) is 16.0. The van der Waals surface area contributed by atoms with E-state index in [1.165, 1.54) is 0 Å². The first-order chi connectivity index (χ1) is 25.2. The molecule has 1 saturated heterocycles. The highest BCUT2D eigenvalue weighted by molar-refractivity contribution is 6.00. The van der Waals surface area contributed by atoms with Crippen molar-refractivity contribution in [2.45, 2.75) is 102 Å². The molecule has 0 aromatic rings. The van der Waals surface area contributed by atoms with Crippen molar-refractivity contribution >= 4 is 17.7 Å². The average Bonchev–Trinajstić information content (AvgIpc) is 3.09. The molecule has 1 heterocycles. The number of hydrogen-bond acceptors (Lipinski definition) is 6. The molecule has 0 saturated carbocycles. The largest absolute Gasteiger partial charge is 0.449 e. The molecule has 3 rings (SSSR count). The number of aliphatic hydroxyl groups excluding tert-OH is 1. The number of ether oxygens (including phenoxy) is 2. The second-order valence-corrected chi connectivity index (χ2v) is 17.1. The molecule has 2 atom stereocenters. The summed E-state index contributed by atoms with van der Waals surface area (Å²) in [5.74, 6) is -0.460. The number of carbonyl (C=O) groups is 3. The van der Waals surface area contributed by atoms with Gasteiger partial charge in [-0.3, -0.25) is 9.59 Å². The predicted molar refractivity (Wildman–Crippen MR) is 221 cm³/mol. The zero-order valence-corrected chi connectivity index (χ0v) is 34.8. The molecule has 7 heteroatoms. The summed E-state index contributed by atoms with van der Waals surface area (Å²) in [5, 5.41) is 10.1. The second kappa shape index (κ2) is 19.5. The molecular formula is C47H65NO6. The molecule has 2 unspecified atom stereocenters. The fraction of sp³-hybridized carbons (Fsp3) is 0.511. The van der Waals surface area contributed by atoms with Crippen LogP contribution in [0.15, 0.2) is 118 Å². The second-order valence-electron chi connectivity index (χ2n) is 17.1. The van der Waals surface area contributed by atoms with Crippen molar-refractivity contribution in [3.63, 3.8) is 0 Å². The van der Waals surface area contributed by atoms with E-state index in [-0.39, 0.29) is 46.4 Å². The summed E-state index contributed by atoms with van der Waals surface area (Å²) in [4.78, 5) is 39.8. The lowest BCUT2D eigenvalue weighted by Gasteiger charge is -2.37. The number of nitrogens with zero attached hydrogens (tertiary/aromatic N) is 1. The SMILES string of the molecule is CC1=C(/C=C/C(C)=C/C=C/C(C)=C/C=C/C=C(C)/C=C/CC(C)(C)/C=C/C2=C(C)C(=O)C(COC(=O)N3CCOCC3)CC2(C)C)C(C)(C)CC(O)C1=O. The van der Waals surface area contributed by atoms with Crippen molar-refractivity contribution in [1.29, 1.82) is 0 Å². The van der Waals surface area contributed by atoms with Crippen molar-refractivity contribution in [3.8, 4) is 0 Å². The molecular weight excluding hydrogens is 675 g/mol. The predicted octanol–water partition coefficient (Wildman–Crippen LogP) is 10.1. The van der Waals surface area contributed by atoms with E-state index in [0.29, 0.717) is 44.7 Å². The lowest BCUT2D eigenvalue weighted by atomic mass is 9.67. The number of amides is 1. The fourth-order valence-electron chi connectivity index (χ4n) is 7.26. The minimum Gasteiger partial charge on any atom is -0.449 e. The van der Waals surface area contributed by atoms with Gasteiger partial charge in [-0.05, 0) is 92.4 Å². The Bertz CT molecular complexity index is 1710. The van der Waals surface area contributed by atoms with Crippen molar-refractivity contribution < 1.29 is 29.0 Å². The van der Waals surface area contributed by atoms with Crippen molar-refractivity contribution in [1.82, 2.24) is 4.90 Å². The lowest BCUT2D eigenvalue weighted by molar-refractivity contribution is -0.125. The summed E-state index contributed by atoms with van der Waals surface area (Å²) >= 11 is 0. The van der Waals surface area contributed by atoms with Gasteiger partial charge in [0.15, 0.2) is 11.6 Å². The molecule has 0 spiro atoms. The highest BCUT2D eigenvalue weighted by atomic mass is 16.6. The highest BCUT2D eigenvalue weighted by Gasteiger charge is 2.39. The van der Waals surface area contributed by atoms with Gasteiger partial charge in [-0.2, -0.15) is 0 Å². The topological polar surface area (TPSA) is 93.1 Å². The van der Waals surface area contributed by atoms with Crippen LogP contribution in [0, 0.1) is 22.2 Å². The summed E-state index contributed by atoms with van der Waals surface area (Å²) in [5.41, 5.74) is 6.19. The van der Waals surface area contributed by atoms with Crippen LogP contribution in [0.5, 0.6) is 0 Å². The number of ketones is 2. The maximum absolute atomic E-state index is 13.3. The first-order valence-electron chi connectivity index (χ1n) is 19.3. The van der Waals surface area contributed by atoms with E-state index in [9.17, 15) is 19.5 Å². The molecule has 0 aromatic heterocycles. The van der Waals surface area contributed by atoms with E-state index in [1.54, 1.807) is 11.8 Å². The molecule has 1 aliphatic heterocycles. The van der Waals surface area contributed by atoms with E-state index in [4.69, 9.17) is 9.47 Å². The third-order valence-corrected chi connectivity index (χ3v) is 10.6. The number of allylic oxidation sites excluding steroid dienone is 19. The maximum atomic E-state index is 13.3. The fourth-order valence-corrected chi connectivity index (χ4v) is 7.26. The van der Waals surface area contributed by atoms with E-state index < -0.39 is 6.10 Å². The Morgan fingerprint density at radius 1 is 0.815 bits per heavy atom. The van der Waals surface area contributed by atoms with E-state index >= 15 is 0 Å². The quantitative estimate of drug-likeness (QED) is 0.189. The van der Waals surface area contributed by atoms with Crippen LogP contribution in [0.4, 0.5) is 4.79 Å². The highest BCUT2D eigenvalue weighted by Crippen LogP contribution is 2.43. The van der Waals surface area contributed by atoms with Gasteiger partial charge >= 0.3 is 6.09 Å². The molecule has 1 N–H and O–H groups in total. The number of hydrogen-bond donors (Lipinski definition) is 1. The first kappa shape index (κ1) is 44.3. The van der Waals surface area contributed by atoms with Crippen LogP contribution in [0.25, 0.3) is 0 Å². The van der Waals surface area contributed by atoms with Gasteiger partial charge in [0.1, 0.15) is 12.7 Å². The number of rotatable bonds is 13. The Morgan fingerprint density at radius 3 is 2.00 bits per heavy atom. The molecule has 3 aliphatic rings. The van der Waals surface area contributed by atoms with Crippen molar-refractivity contribution in [2.24, 2.45) is 22.2 Å². The summed E-state index contributed by atoms with van der Waals surface area (Å²) in [6, 6.07) is 0. The summed E-state index contributed by atoms with van der Waals surface area (Å²) in [6.45, 7) is 24.9. The molecule has 1 amide bonds. The first-order valence-corrected chi connectivity index (χ1v) is 19.3. The Hall–Kier alpha value is -4.07. The number of aliphatic hydroxyl groups is 1. The standard InChI is InChI=1S/C47H65NO6/c1-33(18-14-19-35(3)21-22-39-37(5)43(51)41(49)31-47(39,10)11)16-12-13-17-34(2)20-15-24-45(6,7)25-23-40-36(4)42(50)38(30-46(40,8)9)32-54-44(52)48-26-28-53-29-27-48/h12-23,25,38,41,49H,24,26-32H2,1-11H3/b13-12+,18-14+,20-15+,22-21+,25-23+,33-16+,34-17+,35-19+. The van der Waals surface area contributed by atoms with Gasteiger partial charge in [-0.15, -0.1) is 0 Å². The van der Waals surface area contributed by atoms with Gasteiger partial charge < -0.3 is 19.5 Å². The van der Waals surface area contributed by atoms with E-state index in [1.807, 2.05) is 50.3 Å². The Labute approximate surface area is 325 Å². The normalized spacial score (nSPS) is 23.8. The van der Waals surface area contributed by atoms with Crippen LogP contribution >= 0.6 is 0 Å². The van der Waals surface area contributed by atoms with Gasteiger partial charge in [0, 0.05) is 13.1 Å². The summed E-state index contributed by atoms with van der Waals surface area (Å²) < 4.78 is 10.9. The smallest absolute Gasteiger partial charge is 0.409 e. The van der Waals surface area contributed by atoms with Gasteiger partial charge in [0.25, 0.3) is 0 Å². The van der Waals surface area contributed by atoms with Crippen LogP contribution < -0.4 is 0 Å². The van der Waals surface area contributed by atoms with Crippen molar-refractivity contribution in [3.05, 3.63) is 118 Å². The molecule has 0 aromatic carbocycles. The summed E-state index contributed by atoms with van der Waals surface area (Å²) in [7, 11) is 0.